The Bertz CT molecular complexity index is 480. The quantitative estimate of drug-likeness (QED) is 0.670. The fourth-order valence-electron chi connectivity index (χ4n) is 4.07. The van der Waals surface area contributed by atoms with E-state index in [1.165, 1.54) is 12.8 Å². The van der Waals surface area contributed by atoms with Crippen LogP contribution in [0.5, 0.6) is 0 Å². The van der Waals surface area contributed by atoms with Gasteiger partial charge in [-0.3, -0.25) is 4.98 Å². The number of H-pyrrole nitrogens is 1. The molecule has 1 N–H and O–H groups in total. The van der Waals surface area contributed by atoms with Gasteiger partial charge in [0.05, 0.1) is 0 Å². The number of ether oxygens (including phenoxy) is 1. The standard InChI is InChI=1S/C15H22N2O2/c1-14(2)11-4-5-15(14,3)12(8-11)19-13(18)9-17-7-6-16-10-17/h6-7,10-12H,4-5,8-9H2,1-3H3/p+1/t11-,12-,15-/m0/s1. The van der Waals surface area contributed by atoms with Gasteiger partial charge in [-0.1, -0.05) is 20.8 Å². The summed E-state index contributed by atoms with van der Waals surface area (Å²) in [7, 11) is 0. The topological polar surface area (TPSA) is 46.0 Å². The van der Waals surface area contributed by atoms with Crippen molar-refractivity contribution in [1.82, 2.24) is 4.98 Å². The number of aromatic nitrogens is 2. The second-order valence-electron chi connectivity index (χ2n) is 6.87. The number of nitrogens with zero attached hydrogens (tertiary/aromatic N) is 1. The molecule has 0 aliphatic heterocycles. The Hall–Kier alpha value is -1.32. The minimum Gasteiger partial charge on any atom is -0.459 e. The lowest BCUT2D eigenvalue weighted by Gasteiger charge is -2.38. The van der Waals surface area contributed by atoms with Gasteiger partial charge in [-0.15, -0.1) is 0 Å². The van der Waals surface area contributed by atoms with Crippen LogP contribution >= 0.6 is 0 Å². The fraction of sp³-hybridized carbons (Fsp3) is 0.733. The van der Waals surface area contributed by atoms with Crippen molar-refractivity contribution in [2.24, 2.45) is 16.7 Å². The zero-order valence-electron chi connectivity index (χ0n) is 12.0. The van der Waals surface area contributed by atoms with Gasteiger partial charge in [-0.05, 0) is 30.6 Å². The van der Waals surface area contributed by atoms with Gasteiger partial charge in [0.15, 0.2) is 6.54 Å². The summed E-state index contributed by atoms with van der Waals surface area (Å²) >= 11 is 0. The molecule has 1 aromatic rings. The Morgan fingerprint density at radius 2 is 2.26 bits per heavy atom. The first kappa shape index (κ1) is 12.7. The summed E-state index contributed by atoms with van der Waals surface area (Å²) in [5, 5.41) is 0. The molecule has 1 aromatic heterocycles. The second-order valence-corrected chi connectivity index (χ2v) is 6.87. The molecule has 1 heterocycles. The molecule has 0 amide bonds. The molecule has 2 aliphatic rings. The van der Waals surface area contributed by atoms with Crippen molar-refractivity contribution in [1.29, 1.82) is 0 Å². The van der Waals surface area contributed by atoms with Crippen molar-refractivity contribution < 1.29 is 14.1 Å². The number of rotatable bonds is 3. The first-order valence-corrected chi connectivity index (χ1v) is 7.15. The van der Waals surface area contributed by atoms with Gasteiger partial charge >= 0.3 is 5.97 Å². The minimum absolute atomic E-state index is 0.0910. The zero-order valence-corrected chi connectivity index (χ0v) is 12.0. The average Bonchev–Trinajstić information content (AvgIpc) is 2.95. The average molecular weight is 263 g/mol. The minimum atomic E-state index is -0.126. The monoisotopic (exact) mass is 263 g/mol. The van der Waals surface area contributed by atoms with Crippen molar-refractivity contribution in [3.8, 4) is 0 Å². The van der Waals surface area contributed by atoms with E-state index < -0.39 is 0 Å². The predicted molar refractivity (Wildman–Crippen MR) is 70.1 cm³/mol. The van der Waals surface area contributed by atoms with E-state index >= 15 is 0 Å². The highest BCUT2D eigenvalue weighted by atomic mass is 16.5. The first-order valence-electron chi connectivity index (χ1n) is 7.15. The Morgan fingerprint density at radius 1 is 1.47 bits per heavy atom. The SMILES string of the molecule is CC1(C)[C@H]2CC[C@@]1(C)[C@@H](OC(=O)C[n+]1cc[nH]c1)C2. The number of hydrogen-bond acceptors (Lipinski definition) is 2. The lowest BCUT2D eigenvalue weighted by molar-refractivity contribution is -0.684. The summed E-state index contributed by atoms with van der Waals surface area (Å²) in [6.45, 7) is 7.25. The molecule has 19 heavy (non-hydrogen) atoms. The molecular weight excluding hydrogens is 240 g/mol. The lowest BCUT2D eigenvalue weighted by atomic mass is 9.70. The van der Waals surface area contributed by atoms with E-state index in [0.717, 1.165) is 6.42 Å². The normalized spacial score (nSPS) is 35.5. The second kappa shape index (κ2) is 4.09. The van der Waals surface area contributed by atoms with Crippen molar-refractivity contribution in [2.45, 2.75) is 52.7 Å². The van der Waals surface area contributed by atoms with Crippen LogP contribution in [-0.4, -0.2) is 17.1 Å². The third kappa shape index (κ3) is 1.80. The van der Waals surface area contributed by atoms with E-state index in [-0.39, 0.29) is 17.5 Å². The molecule has 3 rings (SSSR count). The van der Waals surface area contributed by atoms with Crippen LogP contribution in [0.4, 0.5) is 0 Å². The molecule has 4 nitrogen and oxygen atoms in total. The Kier molecular flexibility index (Phi) is 2.73. The Labute approximate surface area is 114 Å². The van der Waals surface area contributed by atoms with Crippen LogP contribution in [0.1, 0.15) is 40.0 Å². The highest BCUT2D eigenvalue weighted by molar-refractivity contribution is 5.68. The third-order valence-corrected chi connectivity index (χ3v) is 5.90. The van der Waals surface area contributed by atoms with Crippen molar-refractivity contribution in [3.05, 3.63) is 18.7 Å². The van der Waals surface area contributed by atoms with Crippen LogP contribution in [0.15, 0.2) is 18.7 Å². The number of fused-ring (bicyclic) bond motifs is 2. The van der Waals surface area contributed by atoms with Gasteiger partial charge in [0.2, 0.25) is 6.33 Å². The lowest BCUT2D eigenvalue weighted by Crippen LogP contribution is -2.42. The number of carbonyl (C=O) groups is 1. The highest BCUT2D eigenvalue weighted by Gasteiger charge is 2.62. The number of imidazole rings is 1. The van der Waals surface area contributed by atoms with E-state index in [9.17, 15) is 4.79 Å². The van der Waals surface area contributed by atoms with Gasteiger partial charge in [-0.2, -0.15) is 0 Å². The summed E-state index contributed by atoms with van der Waals surface area (Å²) in [5.74, 6) is 0.578. The summed E-state index contributed by atoms with van der Waals surface area (Å²) < 4.78 is 7.59. The molecule has 0 unspecified atom stereocenters. The van der Waals surface area contributed by atoms with Crippen LogP contribution < -0.4 is 4.57 Å². The summed E-state index contributed by atoms with van der Waals surface area (Å²) in [6.07, 6.45) is 9.00. The van der Waals surface area contributed by atoms with E-state index in [0.29, 0.717) is 17.9 Å². The largest absolute Gasteiger partial charge is 0.459 e. The van der Waals surface area contributed by atoms with Gasteiger partial charge < -0.3 is 4.74 Å². The summed E-state index contributed by atoms with van der Waals surface area (Å²) in [5.41, 5.74) is 0.440. The van der Waals surface area contributed by atoms with Crippen molar-refractivity contribution in [3.63, 3.8) is 0 Å². The maximum atomic E-state index is 12.0. The maximum Gasteiger partial charge on any atom is 0.348 e. The zero-order chi connectivity index (χ0) is 13.7. The molecule has 2 aliphatic carbocycles. The van der Waals surface area contributed by atoms with Gasteiger partial charge in [-0.25, -0.2) is 9.36 Å². The first-order chi connectivity index (χ1) is 8.93. The van der Waals surface area contributed by atoms with Crippen LogP contribution in [0, 0.1) is 16.7 Å². The molecule has 2 fully saturated rings. The molecule has 3 atom stereocenters. The molecule has 2 bridgehead atoms. The maximum absolute atomic E-state index is 12.0. The molecule has 0 spiro atoms. The number of esters is 1. The van der Waals surface area contributed by atoms with Gasteiger partial charge in [0, 0.05) is 5.41 Å². The number of nitrogens with one attached hydrogen (secondary N) is 1. The molecule has 2 saturated carbocycles. The van der Waals surface area contributed by atoms with Gasteiger partial charge in [0.25, 0.3) is 0 Å². The smallest absolute Gasteiger partial charge is 0.348 e. The molecule has 0 aromatic carbocycles. The van der Waals surface area contributed by atoms with Gasteiger partial charge in [0.1, 0.15) is 18.5 Å². The Morgan fingerprint density at radius 3 is 2.79 bits per heavy atom. The van der Waals surface area contributed by atoms with E-state index in [2.05, 4.69) is 25.8 Å². The molecule has 104 valence electrons. The van der Waals surface area contributed by atoms with Crippen molar-refractivity contribution >= 4 is 5.97 Å². The molecule has 0 saturated heterocycles. The predicted octanol–water partition coefficient (Wildman–Crippen LogP) is 2.06. The van der Waals surface area contributed by atoms with E-state index in [1.807, 2.05) is 10.8 Å². The highest BCUT2D eigenvalue weighted by Crippen LogP contribution is 2.66. The van der Waals surface area contributed by atoms with Crippen LogP contribution in [0.2, 0.25) is 0 Å². The molecular formula is C15H23N2O2+. The van der Waals surface area contributed by atoms with E-state index in [1.54, 1.807) is 12.5 Å². The third-order valence-electron chi connectivity index (χ3n) is 5.90. The van der Waals surface area contributed by atoms with Crippen LogP contribution in [0.3, 0.4) is 0 Å². The number of hydrogen-bond donors (Lipinski definition) is 1. The number of carbonyl (C=O) groups excluding carboxylic acids is 1. The fourth-order valence-corrected chi connectivity index (χ4v) is 4.07. The summed E-state index contributed by atoms with van der Waals surface area (Å²) in [6, 6.07) is 0. The molecule has 4 heteroatoms. The molecule has 0 radical (unpaired) electrons. The summed E-state index contributed by atoms with van der Waals surface area (Å²) in [4.78, 5) is 15.0. The van der Waals surface area contributed by atoms with Crippen molar-refractivity contribution in [2.75, 3.05) is 0 Å². The Balaban J connectivity index is 1.67. The number of aromatic amines is 1. The van der Waals surface area contributed by atoms with E-state index in [4.69, 9.17) is 4.74 Å². The van der Waals surface area contributed by atoms with Crippen LogP contribution in [-0.2, 0) is 16.1 Å². The van der Waals surface area contributed by atoms with Crippen LogP contribution in [0.25, 0.3) is 0 Å².